The topological polar surface area (TPSA) is 77.0 Å². The molecule has 1 aliphatic heterocycles. The molecule has 0 spiro atoms. The van der Waals surface area contributed by atoms with Gasteiger partial charge in [-0.15, -0.1) is 0 Å². The number of guanidine groups is 1. The van der Waals surface area contributed by atoms with Crippen molar-refractivity contribution >= 4 is 5.96 Å². The standard InChI is InChI=1S/C24H26N4O3/c1-25-24(27-13-11-18-7-10-22-23(14-18)31-17-30-22)28-15-19-5-8-21(9-6-19)29-16-20-4-2-3-12-26-20/h2-10,12,14H,11,13,15-17H2,1H3,(H2,25,27,28). The van der Waals surface area contributed by atoms with Gasteiger partial charge in [-0.25, -0.2) is 0 Å². The van der Waals surface area contributed by atoms with Crippen LogP contribution in [0.4, 0.5) is 0 Å². The third-order valence-corrected chi connectivity index (χ3v) is 4.86. The lowest BCUT2D eigenvalue weighted by Gasteiger charge is -2.12. The number of aliphatic imine (C=N–C) groups is 1. The van der Waals surface area contributed by atoms with Gasteiger partial charge in [0.05, 0.1) is 5.69 Å². The molecule has 7 nitrogen and oxygen atoms in total. The van der Waals surface area contributed by atoms with Crippen LogP contribution in [0.1, 0.15) is 16.8 Å². The van der Waals surface area contributed by atoms with Crippen molar-refractivity contribution in [1.29, 1.82) is 0 Å². The van der Waals surface area contributed by atoms with Gasteiger partial charge in [0.15, 0.2) is 17.5 Å². The Labute approximate surface area is 182 Å². The monoisotopic (exact) mass is 418 g/mol. The molecule has 2 aromatic carbocycles. The molecule has 0 bridgehead atoms. The smallest absolute Gasteiger partial charge is 0.231 e. The number of pyridine rings is 1. The minimum atomic E-state index is 0.297. The van der Waals surface area contributed by atoms with Gasteiger partial charge in [-0.2, -0.15) is 0 Å². The van der Waals surface area contributed by atoms with Gasteiger partial charge in [-0.3, -0.25) is 9.98 Å². The lowest BCUT2D eigenvalue weighted by atomic mass is 10.1. The zero-order chi connectivity index (χ0) is 21.3. The molecule has 4 rings (SSSR count). The van der Waals surface area contributed by atoms with Gasteiger partial charge in [0.1, 0.15) is 12.4 Å². The summed E-state index contributed by atoms with van der Waals surface area (Å²) in [4.78, 5) is 8.55. The second kappa shape index (κ2) is 10.3. The van der Waals surface area contributed by atoms with Gasteiger partial charge in [-0.05, 0) is 53.9 Å². The van der Waals surface area contributed by atoms with E-state index in [1.807, 2.05) is 54.6 Å². The molecule has 3 aromatic rings. The SMILES string of the molecule is CN=C(NCCc1ccc2c(c1)OCO2)NCc1ccc(OCc2ccccn2)cc1. The van der Waals surface area contributed by atoms with E-state index in [1.54, 1.807) is 13.2 Å². The molecule has 0 fully saturated rings. The van der Waals surface area contributed by atoms with Crippen molar-refractivity contribution < 1.29 is 14.2 Å². The number of fused-ring (bicyclic) bond motifs is 1. The molecule has 0 aliphatic carbocycles. The lowest BCUT2D eigenvalue weighted by molar-refractivity contribution is 0.174. The number of hydrogen-bond acceptors (Lipinski definition) is 5. The van der Waals surface area contributed by atoms with Gasteiger partial charge in [0.25, 0.3) is 0 Å². The summed E-state index contributed by atoms with van der Waals surface area (Å²) in [6, 6.07) is 19.9. The Hall–Kier alpha value is -3.74. The zero-order valence-electron chi connectivity index (χ0n) is 17.5. The van der Waals surface area contributed by atoms with Crippen molar-refractivity contribution in [1.82, 2.24) is 15.6 Å². The van der Waals surface area contributed by atoms with Crippen LogP contribution in [0.15, 0.2) is 71.9 Å². The van der Waals surface area contributed by atoms with Gasteiger partial charge in [0.2, 0.25) is 6.79 Å². The summed E-state index contributed by atoms with van der Waals surface area (Å²) in [7, 11) is 1.77. The molecular formula is C24H26N4O3. The molecule has 0 saturated carbocycles. The predicted octanol–water partition coefficient (Wildman–Crippen LogP) is 3.30. The minimum absolute atomic E-state index is 0.297. The molecule has 7 heteroatoms. The Morgan fingerprint density at radius 2 is 1.84 bits per heavy atom. The van der Waals surface area contributed by atoms with E-state index in [2.05, 4.69) is 26.7 Å². The average molecular weight is 418 g/mol. The van der Waals surface area contributed by atoms with Crippen LogP contribution in [0.3, 0.4) is 0 Å². The highest BCUT2D eigenvalue weighted by atomic mass is 16.7. The van der Waals surface area contributed by atoms with Crippen molar-refractivity contribution in [3.63, 3.8) is 0 Å². The summed E-state index contributed by atoms with van der Waals surface area (Å²) in [6.07, 6.45) is 2.63. The van der Waals surface area contributed by atoms with E-state index in [1.165, 1.54) is 5.56 Å². The number of nitrogens with zero attached hydrogens (tertiary/aromatic N) is 2. The molecule has 0 saturated heterocycles. The second-order valence-corrected chi connectivity index (χ2v) is 7.04. The highest BCUT2D eigenvalue weighted by Crippen LogP contribution is 2.32. The van der Waals surface area contributed by atoms with Crippen molar-refractivity contribution in [2.45, 2.75) is 19.6 Å². The van der Waals surface area contributed by atoms with Gasteiger partial charge < -0.3 is 24.8 Å². The van der Waals surface area contributed by atoms with Gasteiger partial charge in [0, 0.05) is 26.3 Å². The Balaban J connectivity index is 1.19. The fourth-order valence-electron chi connectivity index (χ4n) is 3.17. The Bertz CT molecular complexity index is 1010. The van der Waals surface area contributed by atoms with Crippen LogP contribution in [0.5, 0.6) is 17.2 Å². The molecule has 2 heterocycles. The fraction of sp³-hybridized carbons (Fsp3) is 0.250. The number of aromatic nitrogens is 1. The zero-order valence-corrected chi connectivity index (χ0v) is 17.5. The number of nitrogens with one attached hydrogen (secondary N) is 2. The first-order valence-electron chi connectivity index (χ1n) is 10.2. The van der Waals surface area contributed by atoms with Crippen molar-refractivity contribution in [2.75, 3.05) is 20.4 Å². The average Bonchev–Trinajstić information content (AvgIpc) is 3.29. The van der Waals surface area contributed by atoms with Crippen LogP contribution in [0, 0.1) is 0 Å². The van der Waals surface area contributed by atoms with Crippen molar-refractivity contribution in [3.05, 3.63) is 83.7 Å². The molecule has 1 aliphatic rings. The van der Waals surface area contributed by atoms with E-state index < -0.39 is 0 Å². The molecule has 0 radical (unpaired) electrons. The van der Waals surface area contributed by atoms with Gasteiger partial charge in [-0.1, -0.05) is 24.3 Å². The van der Waals surface area contributed by atoms with E-state index in [4.69, 9.17) is 14.2 Å². The molecule has 160 valence electrons. The van der Waals surface area contributed by atoms with Crippen LogP contribution in [-0.4, -0.2) is 31.3 Å². The first-order chi connectivity index (χ1) is 15.3. The summed E-state index contributed by atoms with van der Waals surface area (Å²) in [5.74, 6) is 3.20. The van der Waals surface area contributed by atoms with Crippen LogP contribution in [-0.2, 0) is 19.6 Å². The number of rotatable bonds is 8. The quantitative estimate of drug-likeness (QED) is 0.432. The van der Waals surface area contributed by atoms with Crippen LogP contribution in [0.2, 0.25) is 0 Å². The second-order valence-electron chi connectivity index (χ2n) is 7.04. The van der Waals surface area contributed by atoms with Crippen molar-refractivity contribution in [2.24, 2.45) is 4.99 Å². The third kappa shape index (κ3) is 5.88. The first kappa shape index (κ1) is 20.5. The predicted molar refractivity (Wildman–Crippen MR) is 119 cm³/mol. The number of benzene rings is 2. The van der Waals surface area contributed by atoms with E-state index in [-0.39, 0.29) is 0 Å². The van der Waals surface area contributed by atoms with Crippen LogP contribution in [0.25, 0.3) is 0 Å². The van der Waals surface area contributed by atoms with Crippen LogP contribution >= 0.6 is 0 Å². The summed E-state index contributed by atoms with van der Waals surface area (Å²) in [5.41, 5.74) is 3.24. The summed E-state index contributed by atoms with van der Waals surface area (Å²) in [6.45, 7) is 2.19. The largest absolute Gasteiger partial charge is 0.487 e. The summed E-state index contributed by atoms with van der Waals surface area (Å²) in [5, 5.41) is 6.68. The molecular weight excluding hydrogens is 392 g/mol. The number of ether oxygens (including phenoxy) is 3. The van der Waals surface area contributed by atoms with Gasteiger partial charge >= 0.3 is 0 Å². The molecule has 0 amide bonds. The maximum Gasteiger partial charge on any atom is 0.231 e. The first-order valence-corrected chi connectivity index (χ1v) is 10.2. The highest BCUT2D eigenvalue weighted by Gasteiger charge is 2.13. The Morgan fingerprint density at radius 3 is 2.65 bits per heavy atom. The molecule has 31 heavy (non-hydrogen) atoms. The van der Waals surface area contributed by atoms with E-state index in [0.29, 0.717) is 19.9 Å². The Morgan fingerprint density at radius 1 is 1.00 bits per heavy atom. The minimum Gasteiger partial charge on any atom is -0.487 e. The van der Waals surface area contributed by atoms with E-state index >= 15 is 0 Å². The maximum absolute atomic E-state index is 5.78. The summed E-state index contributed by atoms with van der Waals surface area (Å²) >= 11 is 0. The maximum atomic E-state index is 5.78. The highest BCUT2D eigenvalue weighted by molar-refractivity contribution is 5.79. The van der Waals surface area contributed by atoms with Crippen molar-refractivity contribution in [3.8, 4) is 17.2 Å². The summed E-state index contributed by atoms with van der Waals surface area (Å²) < 4.78 is 16.6. The molecule has 0 unspecified atom stereocenters. The van der Waals surface area contributed by atoms with Crippen LogP contribution < -0.4 is 24.8 Å². The Kier molecular flexibility index (Phi) is 6.85. The normalized spacial score (nSPS) is 12.5. The third-order valence-electron chi connectivity index (χ3n) is 4.86. The van der Waals surface area contributed by atoms with E-state index in [9.17, 15) is 0 Å². The van der Waals surface area contributed by atoms with E-state index in [0.717, 1.165) is 47.4 Å². The molecule has 0 atom stereocenters. The number of hydrogen-bond donors (Lipinski definition) is 2. The molecule has 1 aromatic heterocycles. The lowest BCUT2D eigenvalue weighted by Crippen LogP contribution is -2.37. The molecule has 2 N–H and O–H groups in total. The fourth-order valence-corrected chi connectivity index (χ4v) is 3.17.